The third-order valence-corrected chi connectivity index (χ3v) is 4.57. The zero-order valence-electron chi connectivity index (χ0n) is 11.6. The van der Waals surface area contributed by atoms with Crippen LogP contribution in [0.3, 0.4) is 0 Å². The van der Waals surface area contributed by atoms with Gasteiger partial charge >= 0.3 is 0 Å². The van der Waals surface area contributed by atoms with Gasteiger partial charge in [0, 0.05) is 0 Å². The Bertz CT molecular complexity index is 735. The summed E-state index contributed by atoms with van der Waals surface area (Å²) in [5.41, 5.74) is 7.48. The van der Waals surface area contributed by atoms with Gasteiger partial charge in [-0.05, 0) is 31.9 Å². The van der Waals surface area contributed by atoms with E-state index in [1.54, 1.807) is 32.9 Å². The molecular formula is C13H17N3O3S. The average Bonchev–Trinajstić information content (AvgIpc) is 2.78. The van der Waals surface area contributed by atoms with Gasteiger partial charge in [-0.25, -0.2) is 18.1 Å². The lowest BCUT2D eigenvalue weighted by molar-refractivity contribution is 0.463. The molecule has 6 nitrogen and oxygen atoms in total. The van der Waals surface area contributed by atoms with Crippen LogP contribution >= 0.6 is 0 Å². The normalized spacial score (nSPS) is 11.8. The van der Waals surface area contributed by atoms with E-state index in [0.717, 1.165) is 5.56 Å². The van der Waals surface area contributed by atoms with Gasteiger partial charge in [0.1, 0.15) is 10.7 Å². The molecule has 0 aliphatic carbocycles. The van der Waals surface area contributed by atoms with E-state index in [-0.39, 0.29) is 17.1 Å². The number of aromatic nitrogens is 1. The Kier molecular flexibility index (Phi) is 3.82. The maximum atomic E-state index is 12.3. The first-order valence-corrected chi connectivity index (χ1v) is 7.56. The second kappa shape index (κ2) is 5.26. The van der Waals surface area contributed by atoms with Crippen LogP contribution in [0, 0.1) is 20.8 Å². The van der Waals surface area contributed by atoms with Crippen LogP contribution < -0.4 is 10.5 Å². The minimum absolute atomic E-state index is 0.0109. The highest BCUT2D eigenvalue weighted by molar-refractivity contribution is 7.89. The number of hydrogen-bond acceptors (Lipinski definition) is 5. The summed E-state index contributed by atoms with van der Waals surface area (Å²) < 4.78 is 32.4. The predicted molar refractivity (Wildman–Crippen MR) is 75.6 cm³/mol. The lowest BCUT2D eigenvalue weighted by Gasteiger charge is -2.12. The van der Waals surface area contributed by atoms with Crippen molar-refractivity contribution < 1.29 is 12.8 Å². The lowest BCUT2D eigenvalue weighted by atomic mass is 10.1. The van der Waals surface area contributed by atoms with Gasteiger partial charge < -0.3 is 10.2 Å². The zero-order chi connectivity index (χ0) is 14.9. The summed E-state index contributed by atoms with van der Waals surface area (Å²) in [6.07, 6.45) is 1.54. The monoisotopic (exact) mass is 295 g/mol. The van der Waals surface area contributed by atoms with Crippen LogP contribution in [0.1, 0.15) is 22.8 Å². The number of nitrogen functional groups attached to an aromatic ring is 1. The number of rotatable bonds is 4. The molecule has 20 heavy (non-hydrogen) atoms. The average molecular weight is 295 g/mol. The lowest BCUT2D eigenvalue weighted by Crippen LogP contribution is -2.25. The fourth-order valence-corrected chi connectivity index (χ4v) is 3.28. The van der Waals surface area contributed by atoms with E-state index >= 15 is 0 Å². The summed E-state index contributed by atoms with van der Waals surface area (Å²) in [6, 6.07) is 3.52. The molecule has 0 fully saturated rings. The van der Waals surface area contributed by atoms with Crippen LogP contribution in [0.15, 0.2) is 27.6 Å². The second-order valence-corrected chi connectivity index (χ2v) is 6.34. The second-order valence-electron chi connectivity index (χ2n) is 4.63. The van der Waals surface area contributed by atoms with Crippen molar-refractivity contribution in [2.75, 3.05) is 5.73 Å². The first-order valence-electron chi connectivity index (χ1n) is 6.08. The molecule has 0 atom stereocenters. The van der Waals surface area contributed by atoms with E-state index in [4.69, 9.17) is 10.2 Å². The molecule has 0 aliphatic heterocycles. The number of nitrogens with zero attached hydrogens (tertiary/aromatic N) is 1. The van der Waals surface area contributed by atoms with Gasteiger partial charge in [-0.3, -0.25) is 0 Å². The summed E-state index contributed by atoms with van der Waals surface area (Å²) in [4.78, 5) is 4.06. The van der Waals surface area contributed by atoms with Crippen LogP contribution in [0.4, 0.5) is 5.69 Å². The van der Waals surface area contributed by atoms with E-state index in [2.05, 4.69) is 9.71 Å². The van der Waals surface area contributed by atoms with Gasteiger partial charge in [0.05, 0.1) is 18.4 Å². The summed E-state index contributed by atoms with van der Waals surface area (Å²) in [5, 5.41) is 0. The molecule has 0 spiro atoms. The Morgan fingerprint density at radius 3 is 2.50 bits per heavy atom. The quantitative estimate of drug-likeness (QED) is 0.836. The van der Waals surface area contributed by atoms with Crippen molar-refractivity contribution in [2.24, 2.45) is 0 Å². The fourth-order valence-electron chi connectivity index (χ4n) is 1.88. The van der Waals surface area contributed by atoms with E-state index in [9.17, 15) is 8.42 Å². The van der Waals surface area contributed by atoms with Crippen molar-refractivity contribution in [3.8, 4) is 0 Å². The molecule has 2 aromatic rings. The van der Waals surface area contributed by atoms with Gasteiger partial charge in [-0.2, -0.15) is 0 Å². The number of sulfonamides is 1. The SMILES string of the molecule is Cc1cnc(CNS(=O)(=O)c2c(C)ccc(C)c2N)o1. The number of nitrogens with one attached hydrogen (secondary N) is 1. The number of oxazole rings is 1. The third-order valence-electron chi connectivity index (χ3n) is 2.96. The Balaban J connectivity index is 2.29. The van der Waals surface area contributed by atoms with Crippen molar-refractivity contribution in [1.29, 1.82) is 0 Å². The van der Waals surface area contributed by atoms with Crippen LogP contribution in [-0.2, 0) is 16.6 Å². The van der Waals surface area contributed by atoms with Crippen molar-refractivity contribution in [1.82, 2.24) is 9.71 Å². The third kappa shape index (κ3) is 2.83. The largest absolute Gasteiger partial charge is 0.445 e. The molecular weight excluding hydrogens is 278 g/mol. The van der Waals surface area contributed by atoms with Crippen LogP contribution in [0.5, 0.6) is 0 Å². The minimum atomic E-state index is -3.71. The zero-order valence-corrected chi connectivity index (χ0v) is 12.4. The van der Waals surface area contributed by atoms with Gasteiger partial charge in [0.15, 0.2) is 0 Å². The summed E-state index contributed by atoms with van der Waals surface area (Å²) in [5.74, 6) is 0.945. The summed E-state index contributed by atoms with van der Waals surface area (Å²) >= 11 is 0. The molecule has 0 saturated carbocycles. The molecule has 0 saturated heterocycles. The van der Waals surface area contributed by atoms with Crippen LogP contribution in [-0.4, -0.2) is 13.4 Å². The first-order chi connectivity index (χ1) is 9.31. The van der Waals surface area contributed by atoms with Crippen molar-refractivity contribution >= 4 is 15.7 Å². The molecule has 1 aromatic carbocycles. The number of hydrogen-bond donors (Lipinski definition) is 2. The molecule has 0 aliphatic rings. The van der Waals surface area contributed by atoms with Gasteiger partial charge in [0.2, 0.25) is 15.9 Å². The van der Waals surface area contributed by atoms with Gasteiger partial charge in [-0.15, -0.1) is 0 Å². The highest BCUT2D eigenvalue weighted by atomic mass is 32.2. The number of aryl methyl sites for hydroxylation is 3. The summed E-state index contributed by atoms with van der Waals surface area (Å²) in [7, 11) is -3.71. The van der Waals surface area contributed by atoms with E-state index in [1.165, 1.54) is 6.20 Å². The standard InChI is InChI=1S/C13H17N3O3S/c1-8-4-5-9(2)13(12(8)14)20(17,18)16-7-11-15-6-10(3)19-11/h4-6,16H,7,14H2,1-3H3. The summed E-state index contributed by atoms with van der Waals surface area (Å²) in [6.45, 7) is 5.21. The molecule has 108 valence electrons. The van der Waals surface area contributed by atoms with E-state index in [1.807, 2.05) is 0 Å². The van der Waals surface area contributed by atoms with Crippen molar-refractivity contribution in [3.63, 3.8) is 0 Å². The van der Waals surface area contributed by atoms with Gasteiger partial charge in [-0.1, -0.05) is 12.1 Å². The topological polar surface area (TPSA) is 98.2 Å². The minimum Gasteiger partial charge on any atom is -0.445 e. The molecule has 7 heteroatoms. The highest BCUT2D eigenvalue weighted by Crippen LogP contribution is 2.25. The Labute approximate surface area is 118 Å². The number of benzene rings is 1. The van der Waals surface area contributed by atoms with Crippen molar-refractivity contribution in [3.05, 3.63) is 41.1 Å². The molecule has 1 heterocycles. The maximum absolute atomic E-state index is 12.3. The number of anilines is 1. The Morgan fingerprint density at radius 2 is 1.90 bits per heavy atom. The highest BCUT2D eigenvalue weighted by Gasteiger charge is 2.21. The van der Waals surface area contributed by atoms with E-state index in [0.29, 0.717) is 17.2 Å². The predicted octanol–water partition coefficient (Wildman–Crippen LogP) is 1.66. The first kappa shape index (κ1) is 14.5. The Morgan fingerprint density at radius 1 is 1.25 bits per heavy atom. The molecule has 1 aromatic heterocycles. The molecule has 0 amide bonds. The molecule has 0 radical (unpaired) electrons. The molecule has 0 unspecified atom stereocenters. The molecule has 3 N–H and O–H groups in total. The number of nitrogens with two attached hydrogens (primary N) is 1. The Hall–Kier alpha value is -1.86. The molecule has 0 bridgehead atoms. The smallest absolute Gasteiger partial charge is 0.243 e. The molecule has 2 rings (SSSR count). The van der Waals surface area contributed by atoms with Crippen LogP contribution in [0.25, 0.3) is 0 Å². The fraction of sp³-hybridized carbons (Fsp3) is 0.308. The van der Waals surface area contributed by atoms with Crippen LogP contribution in [0.2, 0.25) is 0 Å². The van der Waals surface area contributed by atoms with Gasteiger partial charge in [0.25, 0.3) is 0 Å². The van der Waals surface area contributed by atoms with E-state index < -0.39 is 10.0 Å². The van der Waals surface area contributed by atoms with Crippen molar-refractivity contribution in [2.45, 2.75) is 32.2 Å². The maximum Gasteiger partial charge on any atom is 0.243 e.